The number of aryl methyl sites for hydroxylation is 1. The van der Waals surface area contributed by atoms with E-state index < -0.39 is 0 Å². The van der Waals surface area contributed by atoms with Gasteiger partial charge in [-0.05, 0) is 37.5 Å². The minimum absolute atomic E-state index is 0.193. The lowest BCUT2D eigenvalue weighted by atomic mass is 10.0. The number of aromatic nitrogens is 1. The largest absolute Gasteiger partial charge is 0.382 e. The highest BCUT2D eigenvalue weighted by Gasteiger charge is 2.14. The molecule has 1 heterocycles. The highest BCUT2D eigenvalue weighted by Crippen LogP contribution is 2.18. The molecule has 4 nitrogen and oxygen atoms in total. The van der Waals surface area contributed by atoms with Gasteiger partial charge in [-0.15, -0.1) is 0 Å². The van der Waals surface area contributed by atoms with E-state index in [4.69, 9.17) is 0 Å². The smallest absolute Gasteiger partial charge is 0.269 e. The Morgan fingerprint density at radius 3 is 2.54 bits per heavy atom. The van der Waals surface area contributed by atoms with Crippen molar-refractivity contribution >= 4 is 11.6 Å². The molecule has 1 aromatic heterocycles. The van der Waals surface area contributed by atoms with Crippen molar-refractivity contribution in [2.45, 2.75) is 40.2 Å². The first-order valence-corrected chi connectivity index (χ1v) is 9.04. The van der Waals surface area contributed by atoms with E-state index in [-0.39, 0.29) is 5.91 Å². The lowest BCUT2D eigenvalue weighted by molar-refractivity contribution is 0.0958. The van der Waals surface area contributed by atoms with Crippen LogP contribution >= 0.6 is 0 Å². The highest BCUT2D eigenvalue weighted by atomic mass is 16.1. The first kappa shape index (κ1) is 19.7. The maximum absolute atomic E-state index is 12.2. The summed E-state index contributed by atoms with van der Waals surface area (Å²) < 4.78 is 0. The van der Waals surface area contributed by atoms with Gasteiger partial charge in [0.2, 0.25) is 0 Å². The van der Waals surface area contributed by atoms with Gasteiger partial charge >= 0.3 is 0 Å². The molecular weight excluding hydrogens is 322 g/mol. The summed E-state index contributed by atoms with van der Waals surface area (Å²) in [5, 5.41) is 6.08. The quantitative estimate of drug-likeness (QED) is 0.794. The molecule has 1 atom stereocenters. The van der Waals surface area contributed by atoms with Crippen LogP contribution in [0.2, 0.25) is 0 Å². The van der Waals surface area contributed by atoms with Crippen LogP contribution in [0.5, 0.6) is 0 Å². The lowest BCUT2D eigenvalue weighted by Gasteiger charge is -2.21. The molecule has 0 saturated heterocycles. The van der Waals surface area contributed by atoms with Crippen molar-refractivity contribution in [2.75, 3.05) is 7.05 Å². The van der Waals surface area contributed by atoms with Crippen LogP contribution in [0.15, 0.2) is 43.0 Å². The van der Waals surface area contributed by atoms with E-state index in [9.17, 15) is 4.79 Å². The molecule has 0 radical (unpaired) electrons. The number of nitrogens with one attached hydrogen (secondary N) is 2. The number of nitrogens with zero attached hydrogens (tertiary/aromatic N) is 1. The molecule has 0 aliphatic rings. The molecule has 0 unspecified atom stereocenters. The monoisotopic (exact) mass is 351 g/mol. The summed E-state index contributed by atoms with van der Waals surface area (Å²) in [6.45, 7) is 12.7. The zero-order valence-corrected chi connectivity index (χ0v) is 16.4. The summed E-state index contributed by atoms with van der Waals surface area (Å²) in [5.74, 6) is 0.292. The molecule has 4 heteroatoms. The van der Waals surface area contributed by atoms with Crippen LogP contribution in [0.3, 0.4) is 0 Å². The molecule has 2 aromatic rings. The summed E-state index contributed by atoms with van der Waals surface area (Å²) in [5.41, 5.74) is 5.35. The second kappa shape index (κ2) is 8.65. The van der Waals surface area contributed by atoms with E-state index in [1.807, 2.05) is 12.1 Å². The number of carbonyl (C=O) groups is 1. The number of amides is 1. The second-order valence-electron chi connectivity index (χ2n) is 7.13. The number of carbonyl (C=O) groups excluding carboxylic acids is 1. The van der Waals surface area contributed by atoms with Gasteiger partial charge in [-0.25, -0.2) is 4.98 Å². The fraction of sp³-hybridized carbons (Fsp3) is 0.364. The van der Waals surface area contributed by atoms with Crippen molar-refractivity contribution in [1.29, 1.82) is 0 Å². The zero-order chi connectivity index (χ0) is 19.3. The van der Waals surface area contributed by atoms with Gasteiger partial charge in [0.25, 0.3) is 5.91 Å². The maximum atomic E-state index is 12.2. The molecule has 0 bridgehead atoms. The summed E-state index contributed by atoms with van der Waals surface area (Å²) in [6, 6.07) is 12.4. The number of hydrogen-bond donors (Lipinski definition) is 2. The molecule has 0 aliphatic carbocycles. The van der Waals surface area contributed by atoms with Crippen molar-refractivity contribution in [3.05, 3.63) is 71.1 Å². The molecule has 2 rings (SSSR count). The van der Waals surface area contributed by atoms with Gasteiger partial charge in [0.05, 0.1) is 0 Å². The lowest BCUT2D eigenvalue weighted by Crippen LogP contribution is -2.29. The minimum atomic E-state index is -0.193. The van der Waals surface area contributed by atoms with Crippen molar-refractivity contribution in [3.8, 4) is 0 Å². The van der Waals surface area contributed by atoms with Gasteiger partial charge in [0.1, 0.15) is 5.69 Å². The Labute approximate surface area is 156 Å². The molecular formula is C22H29N3O. The van der Waals surface area contributed by atoms with Gasteiger partial charge in [0.15, 0.2) is 0 Å². The number of hydrogen-bond acceptors (Lipinski definition) is 3. The standard InChI is InChI=1S/C22H29N3O/c1-14(2)16(4)24-17(5)19-12-20(25-21(13-19)22(26)23-6)11-18-9-7-8-15(3)10-18/h7-10,12-14,16,24H,5,11H2,1-4,6H3,(H,23,26)/t16-/m1/s1. The van der Waals surface area contributed by atoms with E-state index in [2.05, 4.69) is 68.1 Å². The van der Waals surface area contributed by atoms with Crippen molar-refractivity contribution in [1.82, 2.24) is 15.6 Å². The van der Waals surface area contributed by atoms with E-state index in [0.29, 0.717) is 24.1 Å². The molecule has 26 heavy (non-hydrogen) atoms. The molecule has 0 spiro atoms. The number of rotatable bonds is 7. The average molecular weight is 351 g/mol. The molecule has 0 aliphatic heterocycles. The predicted octanol–water partition coefficient (Wildman–Crippen LogP) is 3.95. The fourth-order valence-corrected chi connectivity index (χ4v) is 2.65. The highest BCUT2D eigenvalue weighted by molar-refractivity contribution is 5.93. The molecule has 138 valence electrons. The van der Waals surface area contributed by atoms with Gasteiger partial charge in [-0.2, -0.15) is 0 Å². The number of benzene rings is 1. The Morgan fingerprint density at radius 1 is 1.19 bits per heavy atom. The van der Waals surface area contributed by atoms with Crippen LogP contribution in [0.4, 0.5) is 0 Å². The summed E-state index contributed by atoms with van der Waals surface area (Å²) in [4.78, 5) is 16.7. The predicted molar refractivity (Wildman–Crippen MR) is 108 cm³/mol. The third-order valence-electron chi connectivity index (χ3n) is 4.56. The molecule has 0 saturated carbocycles. The van der Waals surface area contributed by atoms with Gasteiger partial charge in [0, 0.05) is 36.5 Å². The van der Waals surface area contributed by atoms with Crippen LogP contribution in [-0.2, 0) is 6.42 Å². The van der Waals surface area contributed by atoms with Crippen molar-refractivity contribution in [3.63, 3.8) is 0 Å². The first-order valence-electron chi connectivity index (χ1n) is 9.04. The maximum Gasteiger partial charge on any atom is 0.269 e. The van der Waals surface area contributed by atoms with E-state index in [0.717, 1.165) is 17.0 Å². The van der Waals surface area contributed by atoms with E-state index in [1.165, 1.54) is 11.1 Å². The van der Waals surface area contributed by atoms with Crippen LogP contribution in [0.1, 0.15) is 53.6 Å². The third-order valence-corrected chi connectivity index (χ3v) is 4.56. The minimum Gasteiger partial charge on any atom is -0.382 e. The topological polar surface area (TPSA) is 54.0 Å². The molecule has 2 N–H and O–H groups in total. The average Bonchev–Trinajstić information content (AvgIpc) is 2.60. The second-order valence-corrected chi connectivity index (χ2v) is 7.13. The summed E-state index contributed by atoms with van der Waals surface area (Å²) >= 11 is 0. The number of pyridine rings is 1. The summed E-state index contributed by atoms with van der Waals surface area (Å²) in [7, 11) is 1.62. The Bertz CT molecular complexity index is 796. The fourth-order valence-electron chi connectivity index (χ4n) is 2.65. The van der Waals surface area contributed by atoms with E-state index in [1.54, 1.807) is 13.1 Å². The zero-order valence-electron chi connectivity index (χ0n) is 16.4. The summed E-state index contributed by atoms with van der Waals surface area (Å²) in [6.07, 6.45) is 0.673. The van der Waals surface area contributed by atoms with Crippen molar-refractivity contribution < 1.29 is 4.79 Å². The third kappa shape index (κ3) is 5.19. The van der Waals surface area contributed by atoms with Crippen molar-refractivity contribution in [2.24, 2.45) is 5.92 Å². The van der Waals surface area contributed by atoms with Gasteiger partial charge < -0.3 is 10.6 Å². The van der Waals surface area contributed by atoms with E-state index >= 15 is 0 Å². The van der Waals surface area contributed by atoms with Crippen LogP contribution in [0, 0.1) is 12.8 Å². The van der Waals surface area contributed by atoms with Gasteiger partial charge in [-0.3, -0.25) is 4.79 Å². The van der Waals surface area contributed by atoms with Crippen LogP contribution < -0.4 is 10.6 Å². The van der Waals surface area contributed by atoms with Gasteiger partial charge in [-0.1, -0.05) is 50.3 Å². The first-order chi connectivity index (χ1) is 12.3. The molecule has 1 amide bonds. The molecule has 1 aromatic carbocycles. The normalized spacial score (nSPS) is 11.9. The Balaban J connectivity index is 2.35. The Morgan fingerprint density at radius 2 is 1.92 bits per heavy atom. The molecule has 0 fully saturated rings. The Hall–Kier alpha value is -2.62. The Kier molecular flexibility index (Phi) is 6.56. The van der Waals surface area contributed by atoms with Crippen LogP contribution in [-0.4, -0.2) is 24.0 Å². The SMILES string of the molecule is C=C(N[C@H](C)C(C)C)c1cc(Cc2cccc(C)c2)nc(C(=O)NC)c1. The van der Waals surface area contributed by atoms with Crippen LogP contribution in [0.25, 0.3) is 5.70 Å².